The number of carboxylic acids is 1. The van der Waals surface area contributed by atoms with E-state index in [4.69, 9.17) is 14.6 Å². The molecule has 7 heteroatoms. The maximum atomic E-state index is 11.2. The summed E-state index contributed by atoms with van der Waals surface area (Å²) in [5, 5.41) is 19.8. The van der Waals surface area contributed by atoms with Gasteiger partial charge in [-0.15, -0.1) is 11.3 Å². The highest BCUT2D eigenvalue weighted by atomic mass is 32.1. The summed E-state index contributed by atoms with van der Waals surface area (Å²) in [4.78, 5) is 14.6. The molecule has 0 saturated carbocycles. The maximum absolute atomic E-state index is 11.2. The van der Waals surface area contributed by atoms with E-state index >= 15 is 0 Å². The minimum absolute atomic E-state index is 0.338. The van der Waals surface area contributed by atoms with Crippen molar-refractivity contribution in [1.82, 2.24) is 4.90 Å². The highest BCUT2D eigenvalue weighted by Crippen LogP contribution is 2.40. The first-order chi connectivity index (χ1) is 11.9. The Balaban J connectivity index is 1.90. The zero-order valence-corrected chi connectivity index (χ0v) is 15.2. The quantitative estimate of drug-likeness (QED) is 0.850. The number of rotatable bonds is 5. The van der Waals surface area contributed by atoms with E-state index in [1.54, 1.807) is 26.4 Å². The van der Waals surface area contributed by atoms with Crippen molar-refractivity contribution >= 4 is 17.3 Å². The number of aliphatic hydroxyl groups is 1. The van der Waals surface area contributed by atoms with Gasteiger partial charge in [0.15, 0.2) is 0 Å². The molecule has 2 N–H and O–H groups in total. The molecule has 1 unspecified atom stereocenters. The predicted octanol–water partition coefficient (Wildman–Crippen LogP) is 2.82. The van der Waals surface area contributed by atoms with E-state index in [0.717, 1.165) is 21.6 Å². The Morgan fingerprint density at radius 3 is 2.60 bits per heavy atom. The molecule has 0 spiro atoms. The van der Waals surface area contributed by atoms with E-state index in [1.165, 1.54) is 11.3 Å². The van der Waals surface area contributed by atoms with Gasteiger partial charge >= 0.3 is 5.97 Å². The number of hydrogen-bond donors (Lipinski definition) is 2. The Bertz CT molecular complexity index is 801. The number of thiophene rings is 1. The average Bonchev–Trinajstić information content (AvgIpc) is 2.95. The lowest BCUT2D eigenvalue weighted by Gasteiger charge is -2.34. The molecule has 0 saturated heterocycles. The molecule has 2 aromatic rings. The van der Waals surface area contributed by atoms with Crippen molar-refractivity contribution in [2.24, 2.45) is 0 Å². The third kappa shape index (κ3) is 3.35. The number of fused-ring (bicyclic) bond motifs is 1. The van der Waals surface area contributed by atoms with Gasteiger partial charge in [0.2, 0.25) is 0 Å². The average molecular weight is 363 g/mol. The predicted molar refractivity (Wildman–Crippen MR) is 94.6 cm³/mol. The molecule has 1 aromatic heterocycles. The monoisotopic (exact) mass is 363 g/mol. The topological polar surface area (TPSA) is 79.2 Å². The number of carboxylic acid groups (broad SMARTS) is 1. The van der Waals surface area contributed by atoms with Crippen LogP contribution in [0, 0.1) is 6.92 Å². The molecule has 134 valence electrons. The maximum Gasteiger partial charge on any atom is 0.345 e. The summed E-state index contributed by atoms with van der Waals surface area (Å²) in [6, 6.07) is 5.36. The highest BCUT2D eigenvalue weighted by molar-refractivity contribution is 7.14. The lowest BCUT2D eigenvalue weighted by molar-refractivity contribution is 0.0701. The Hall–Kier alpha value is -2.09. The van der Waals surface area contributed by atoms with Crippen molar-refractivity contribution in [3.63, 3.8) is 0 Å². The lowest BCUT2D eigenvalue weighted by Crippen LogP contribution is -2.33. The second-order valence-electron chi connectivity index (χ2n) is 6.04. The van der Waals surface area contributed by atoms with Crippen LogP contribution in [0.25, 0.3) is 0 Å². The number of aliphatic hydroxyl groups excluding tert-OH is 1. The smallest absolute Gasteiger partial charge is 0.345 e. The number of carbonyl (C=O) groups is 1. The van der Waals surface area contributed by atoms with E-state index in [1.807, 2.05) is 13.0 Å². The molecule has 1 aliphatic rings. The van der Waals surface area contributed by atoms with E-state index in [-0.39, 0.29) is 0 Å². The van der Waals surface area contributed by atoms with Crippen molar-refractivity contribution in [3.8, 4) is 11.5 Å². The fraction of sp³-hybridized carbons (Fsp3) is 0.389. The summed E-state index contributed by atoms with van der Waals surface area (Å²) >= 11 is 1.28. The van der Waals surface area contributed by atoms with Crippen LogP contribution in [-0.4, -0.2) is 41.8 Å². The fourth-order valence-corrected chi connectivity index (χ4v) is 4.16. The van der Waals surface area contributed by atoms with Crippen LogP contribution in [-0.2, 0) is 13.1 Å². The molecular formula is C18H21NO5S. The third-order valence-corrected chi connectivity index (χ3v) is 5.57. The summed E-state index contributed by atoms with van der Waals surface area (Å²) < 4.78 is 10.8. The van der Waals surface area contributed by atoms with E-state index in [0.29, 0.717) is 36.0 Å². The summed E-state index contributed by atoms with van der Waals surface area (Å²) in [6.07, 6.45) is -0.688. The van der Waals surface area contributed by atoms with E-state index in [9.17, 15) is 9.90 Å². The first kappa shape index (κ1) is 17.7. The minimum Gasteiger partial charge on any atom is -0.496 e. The van der Waals surface area contributed by atoms with Crippen LogP contribution in [0.3, 0.4) is 0 Å². The zero-order chi connectivity index (χ0) is 18.1. The number of ether oxygens (including phenoxy) is 2. The number of nitrogens with zero attached hydrogens (tertiary/aromatic N) is 1. The lowest BCUT2D eigenvalue weighted by atomic mass is 9.95. The van der Waals surface area contributed by atoms with Crippen LogP contribution in [0.4, 0.5) is 0 Å². The van der Waals surface area contributed by atoms with Gasteiger partial charge in [0, 0.05) is 35.6 Å². The summed E-state index contributed by atoms with van der Waals surface area (Å²) in [5.74, 6) is 0.463. The molecule has 3 rings (SSSR count). The van der Waals surface area contributed by atoms with Crippen LogP contribution < -0.4 is 9.47 Å². The molecule has 0 amide bonds. The van der Waals surface area contributed by atoms with Crippen LogP contribution >= 0.6 is 11.3 Å². The molecule has 6 nitrogen and oxygen atoms in total. The molecule has 25 heavy (non-hydrogen) atoms. The van der Waals surface area contributed by atoms with Crippen molar-refractivity contribution in [2.45, 2.75) is 26.1 Å². The number of benzene rings is 1. The minimum atomic E-state index is -0.908. The van der Waals surface area contributed by atoms with Gasteiger partial charge in [0.1, 0.15) is 16.4 Å². The first-order valence-corrected chi connectivity index (χ1v) is 8.73. The van der Waals surface area contributed by atoms with Gasteiger partial charge in [-0.25, -0.2) is 4.79 Å². The summed E-state index contributed by atoms with van der Waals surface area (Å²) in [5.41, 5.74) is 2.65. The van der Waals surface area contributed by atoms with Crippen LogP contribution in [0.2, 0.25) is 0 Å². The largest absolute Gasteiger partial charge is 0.496 e. The second-order valence-corrected chi connectivity index (χ2v) is 7.30. The van der Waals surface area contributed by atoms with Crippen molar-refractivity contribution in [1.29, 1.82) is 0 Å². The van der Waals surface area contributed by atoms with Gasteiger partial charge in [0.05, 0.1) is 20.3 Å². The van der Waals surface area contributed by atoms with Crippen molar-refractivity contribution in [3.05, 3.63) is 44.6 Å². The van der Waals surface area contributed by atoms with Crippen LogP contribution in [0.15, 0.2) is 18.2 Å². The first-order valence-electron chi connectivity index (χ1n) is 7.91. The van der Waals surface area contributed by atoms with Gasteiger partial charge in [-0.05, 0) is 30.7 Å². The number of β-amino-alcohol motifs (C(OH)–C–C–N with tert-alkyl or cyclic N) is 1. The Morgan fingerprint density at radius 2 is 2.00 bits per heavy atom. The Kier molecular flexibility index (Phi) is 4.99. The van der Waals surface area contributed by atoms with Crippen LogP contribution in [0.1, 0.15) is 37.3 Å². The molecule has 1 aliphatic heterocycles. The van der Waals surface area contributed by atoms with Crippen molar-refractivity contribution in [2.75, 3.05) is 20.8 Å². The number of methoxy groups -OCH3 is 2. The Labute approximate surface area is 150 Å². The number of aromatic carboxylic acids is 1. The fourth-order valence-electron chi connectivity index (χ4n) is 3.29. The number of hydrogen-bond acceptors (Lipinski definition) is 6. The van der Waals surface area contributed by atoms with E-state index < -0.39 is 12.1 Å². The molecule has 2 heterocycles. The van der Waals surface area contributed by atoms with Gasteiger partial charge in [-0.1, -0.05) is 0 Å². The van der Waals surface area contributed by atoms with Gasteiger partial charge in [0.25, 0.3) is 0 Å². The SMILES string of the molecule is COc1ccc(OC)c2c1CN(Cc1cc(C(=O)O)sc1C)CC2O. The molecule has 0 fully saturated rings. The molecule has 0 bridgehead atoms. The third-order valence-electron chi connectivity index (χ3n) is 4.49. The number of aryl methyl sites for hydroxylation is 1. The Morgan fingerprint density at radius 1 is 1.32 bits per heavy atom. The highest BCUT2D eigenvalue weighted by Gasteiger charge is 2.30. The van der Waals surface area contributed by atoms with Crippen molar-refractivity contribution < 1.29 is 24.5 Å². The molecular weight excluding hydrogens is 342 g/mol. The zero-order valence-electron chi connectivity index (χ0n) is 14.4. The van der Waals surface area contributed by atoms with Gasteiger partial charge in [-0.3, -0.25) is 4.90 Å². The normalized spacial score (nSPS) is 17.2. The van der Waals surface area contributed by atoms with Crippen LogP contribution in [0.5, 0.6) is 11.5 Å². The molecule has 0 aliphatic carbocycles. The standard InChI is InChI=1S/C18H21NO5S/c1-10-11(6-16(25-10)18(21)22)7-19-8-12-14(23-2)4-5-15(24-3)17(12)13(20)9-19/h4-6,13,20H,7-9H2,1-3H3,(H,21,22). The summed E-state index contributed by atoms with van der Waals surface area (Å²) in [7, 11) is 3.19. The van der Waals surface area contributed by atoms with Gasteiger partial charge in [-0.2, -0.15) is 0 Å². The second kappa shape index (κ2) is 7.03. The summed E-state index contributed by atoms with van der Waals surface area (Å²) in [6.45, 7) is 3.55. The van der Waals surface area contributed by atoms with E-state index in [2.05, 4.69) is 4.90 Å². The molecule has 0 radical (unpaired) electrons. The van der Waals surface area contributed by atoms with Gasteiger partial charge < -0.3 is 19.7 Å². The molecule has 1 atom stereocenters. The molecule has 1 aromatic carbocycles.